The predicted molar refractivity (Wildman–Crippen MR) is 73.4 cm³/mol. The number of benzene rings is 1. The smallest absolute Gasteiger partial charge is 0.119 e. The van der Waals surface area contributed by atoms with Gasteiger partial charge in [-0.2, -0.15) is 0 Å². The average molecular weight is 270 g/mol. The fourth-order valence-electron chi connectivity index (χ4n) is 2.28. The minimum atomic E-state index is -0.0785. The van der Waals surface area contributed by atoms with Crippen LogP contribution in [0.2, 0.25) is 0 Å². The third-order valence-electron chi connectivity index (χ3n) is 3.40. The highest BCUT2D eigenvalue weighted by molar-refractivity contribution is 6.18. The van der Waals surface area contributed by atoms with Gasteiger partial charge in [0.25, 0.3) is 0 Å². The molecular formula is C14H20ClNO2. The van der Waals surface area contributed by atoms with Gasteiger partial charge in [0, 0.05) is 30.9 Å². The highest BCUT2D eigenvalue weighted by atomic mass is 35.5. The summed E-state index contributed by atoms with van der Waals surface area (Å²) >= 11 is 5.86. The van der Waals surface area contributed by atoms with E-state index in [0.717, 1.165) is 25.4 Å². The van der Waals surface area contributed by atoms with E-state index in [9.17, 15) is 5.11 Å². The molecule has 1 fully saturated rings. The summed E-state index contributed by atoms with van der Waals surface area (Å²) in [7, 11) is 0. The van der Waals surface area contributed by atoms with Crippen molar-refractivity contribution in [2.75, 3.05) is 38.7 Å². The molecule has 0 aromatic heterocycles. The first-order valence-corrected chi connectivity index (χ1v) is 6.80. The van der Waals surface area contributed by atoms with Gasteiger partial charge in [0.05, 0.1) is 6.61 Å². The van der Waals surface area contributed by atoms with Crippen LogP contribution in [-0.4, -0.2) is 48.7 Å². The largest absolute Gasteiger partial charge is 0.492 e. The van der Waals surface area contributed by atoms with Crippen LogP contribution in [0, 0.1) is 12.3 Å². The molecule has 100 valence electrons. The van der Waals surface area contributed by atoms with E-state index in [2.05, 4.69) is 17.9 Å². The first-order valence-electron chi connectivity index (χ1n) is 6.26. The van der Waals surface area contributed by atoms with Crippen molar-refractivity contribution in [2.45, 2.75) is 6.92 Å². The van der Waals surface area contributed by atoms with E-state index in [1.807, 2.05) is 18.2 Å². The second-order valence-electron chi connectivity index (χ2n) is 5.17. The molecule has 0 bridgehead atoms. The van der Waals surface area contributed by atoms with Crippen molar-refractivity contribution in [2.24, 2.45) is 5.41 Å². The summed E-state index contributed by atoms with van der Waals surface area (Å²) in [6.07, 6.45) is 0. The van der Waals surface area contributed by atoms with Crippen LogP contribution in [0.25, 0.3) is 0 Å². The van der Waals surface area contributed by atoms with Gasteiger partial charge in [0.1, 0.15) is 12.4 Å². The van der Waals surface area contributed by atoms with Crippen LogP contribution in [0.5, 0.6) is 5.75 Å². The Morgan fingerprint density at radius 2 is 2.22 bits per heavy atom. The fourth-order valence-corrected chi connectivity index (χ4v) is 2.54. The minimum absolute atomic E-state index is 0.0785. The lowest BCUT2D eigenvalue weighted by Gasteiger charge is -2.48. The van der Waals surface area contributed by atoms with Gasteiger partial charge in [-0.1, -0.05) is 12.1 Å². The molecule has 0 atom stereocenters. The molecule has 2 rings (SSSR count). The Labute approximate surface area is 113 Å². The van der Waals surface area contributed by atoms with Gasteiger partial charge in [0.2, 0.25) is 0 Å². The van der Waals surface area contributed by atoms with Gasteiger partial charge in [-0.3, -0.25) is 4.90 Å². The van der Waals surface area contributed by atoms with Crippen molar-refractivity contribution in [3.63, 3.8) is 0 Å². The lowest BCUT2D eigenvalue weighted by molar-refractivity contribution is -0.0292. The van der Waals surface area contributed by atoms with Gasteiger partial charge >= 0.3 is 0 Å². The lowest BCUT2D eigenvalue weighted by atomic mass is 9.83. The standard InChI is InChI=1S/C14H20ClNO2/c1-12-3-2-4-13(7-12)18-6-5-16-9-14(8-15,10-16)11-17/h2-4,7,17H,5-6,8-11H2,1H3. The highest BCUT2D eigenvalue weighted by Crippen LogP contribution is 2.30. The van der Waals surface area contributed by atoms with Gasteiger partial charge in [-0.25, -0.2) is 0 Å². The van der Waals surface area contributed by atoms with Crippen LogP contribution in [0.15, 0.2) is 24.3 Å². The molecule has 1 aromatic rings. The summed E-state index contributed by atoms with van der Waals surface area (Å²) in [4.78, 5) is 2.26. The number of ether oxygens (including phenoxy) is 1. The van der Waals surface area contributed by atoms with E-state index >= 15 is 0 Å². The van der Waals surface area contributed by atoms with Crippen molar-refractivity contribution in [3.8, 4) is 5.75 Å². The Morgan fingerprint density at radius 3 is 2.83 bits per heavy atom. The van der Waals surface area contributed by atoms with Crippen molar-refractivity contribution >= 4 is 11.6 Å². The molecule has 3 nitrogen and oxygen atoms in total. The third kappa shape index (κ3) is 3.16. The van der Waals surface area contributed by atoms with E-state index in [1.54, 1.807) is 0 Å². The number of aryl methyl sites for hydroxylation is 1. The first kappa shape index (κ1) is 13.7. The topological polar surface area (TPSA) is 32.7 Å². The summed E-state index contributed by atoms with van der Waals surface area (Å²) in [5.41, 5.74) is 1.13. The molecule has 1 aliphatic heterocycles. The lowest BCUT2D eigenvalue weighted by Crippen LogP contribution is -2.60. The third-order valence-corrected chi connectivity index (χ3v) is 3.97. The maximum atomic E-state index is 9.25. The summed E-state index contributed by atoms with van der Waals surface area (Å²) in [5, 5.41) is 9.25. The number of hydrogen-bond donors (Lipinski definition) is 1. The highest BCUT2D eigenvalue weighted by Gasteiger charge is 2.41. The van der Waals surface area contributed by atoms with Crippen molar-refractivity contribution in [3.05, 3.63) is 29.8 Å². The van der Waals surface area contributed by atoms with Crippen LogP contribution >= 0.6 is 11.6 Å². The van der Waals surface area contributed by atoms with E-state index in [4.69, 9.17) is 16.3 Å². The Kier molecular flexibility index (Phi) is 4.49. The second-order valence-corrected chi connectivity index (χ2v) is 5.43. The monoisotopic (exact) mass is 269 g/mol. The summed E-state index contributed by atoms with van der Waals surface area (Å²) in [6, 6.07) is 8.06. The molecule has 1 aliphatic rings. The maximum Gasteiger partial charge on any atom is 0.119 e. The molecule has 4 heteroatoms. The normalized spacial score (nSPS) is 18.4. The molecule has 1 aromatic carbocycles. The van der Waals surface area contributed by atoms with Crippen LogP contribution in [-0.2, 0) is 0 Å². The Balaban J connectivity index is 1.69. The maximum absolute atomic E-state index is 9.25. The zero-order valence-electron chi connectivity index (χ0n) is 10.7. The second kappa shape index (κ2) is 5.91. The number of likely N-dealkylation sites (tertiary alicyclic amines) is 1. The van der Waals surface area contributed by atoms with Crippen molar-refractivity contribution in [1.82, 2.24) is 4.90 Å². The molecule has 0 unspecified atom stereocenters. The number of hydrogen-bond acceptors (Lipinski definition) is 3. The van der Waals surface area contributed by atoms with Crippen LogP contribution in [0.3, 0.4) is 0 Å². The first-order chi connectivity index (χ1) is 8.67. The zero-order chi connectivity index (χ0) is 13.0. The number of aliphatic hydroxyl groups is 1. The van der Waals surface area contributed by atoms with Crippen molar-refractivity contribution in [1.29, 1.82) is 0 Å². The van der Waals surface area contributed by atoms with Crippen LogP contribution < -0.4 is 4.74 Å². The number of aliphatic hydroxyl groups excluding tert-OH is 1. The van der Waals surface area contributed by atoms with Gasteiger partial charge in [-0.15, -0.1) is 11.6 Å². The Morgan fingerprint density at radius 1 is 1.44 bits per heavy atom. The number of rotatable bonds is 6. The molecule has 18 heavy (non-hydrogen) atoms. The summed E-state index contributed by atoms with van der Waals surface area (Å²) < 4.78 is 5.69. The minimum Gasteiger partial charge on any atom is -0.492 e. The van der Waals surface area contributed by atoms with Gasteiger partial charge in [0.15, 0.2) is 0 Å². The van der Waals surface area contributed by atoms with Crippen molar-refractivity contribution < 1.29 is 9.84 Å². The molecule has 0 radical (unpaired) electrons. The molecule has 0 saturated carbocycles. The van der Waals surface area contributed by atoms with E-state index in [-0.39, 0.29) is 12.0 Å². The van der Waals surface area contributed by atoms with E-state index < -0.39 is 0 Å². The van der Waals surface area contributed by atoms with Crippen LogP contribution in [0.1, 0.15) is 5.56 Å². The van der Waals surface area contributed by atoms with E-state index in [1.165, 1.54) is 5.56 Å². The number of nitrogens with zero attached hydrogens (tertiary/aromatic N) is 1. The molecule has 1 heterocycles. The number of alkyl halides is 1. The molecule has 1 N–H and O–H groups in total. The molecule has 0 spiro atoms. The predicted octanol–water partition coefficient (Wildman–Crippen LogP) is 1.91. The van der Waals surface area contributed by atoms with Gasteiger partial charge < -0.3 is 9.84 Å². The molecule has 0 amide bonds. The average Bonchev–Trinajstić information content (AvgIpc) is 2.32. The summed E-state index contributed by atoms with van der Waals surface area (Å²) in [6.45, 7) is 5.51. The summed E-state index contributed by atoms with van der Waals surface area (Å²) in [5.74, 6) is 1.44. The Bertz CT molecular complexity index is 385. The number of halogens is 1. The SMILES string of the molecule is Cc1cccc(OCCN2CC(CO)(CCl)C2)c1. The zero-order valence-corrected chi connectivity index (χ0v) is 11.5. The molecular weight excluding hydrogens is 250 g/mol. The Hall–Kier alpha value is -0.770. The van der Waals surface area contributed by atoms with Crippen LogP contribution in [0.4, 0.5) is 0 Å². The van der Waals surface area contributed by atoms with E-state index in [0.29, 0.717) is 12.5 Å². The van der Waals surface area contributed by atoms with Gasteiger partial charge in [-0.05, 0) is 24.6 Å². The molecule has 1 saturated heterocycles. The fraction of sp³-hybridized carbons (Fsp3) is 0.571. The quantitative estimate of drug-likeness (QED) is 0.801. The molecule has 0 aliphatic carbocycles.